The number of methoxy groups -OCH3 is 2. The number of ether oxygens (including phenoxy) is 5. The van der Waals surface area contributed by atoms with E-state index in [2.05, 4.69) is 0 Å². The number of aliphatic hydroxyl groups is 2. The molecule has 0 bridgehead atoms. The molecule has 1 heterocycles. The van der Waals surface area contributed by atoms with Crippen molar-refractivity contribution in [3.63, 3.8) is 0 Å². The van der Waals surface area contributed by atoms with E-state index < -0.39 is 46.7 Å². The molecule has 1 aliphatic carbocycles. The van der Waals surface area contributed by atoms with Crippen molar-refractivity contribution in [2.75, 3.05) is 33.7 Å². The summed E-state index contributed by atoms with van der Waals surface area (Å²) in [7, 11) is -0.560. The van der Waals surface area contributed by atoms with E-state index in [1.165, 1.54) is 0 Å². The Bertz CT molecular complexity index is 1140. The van der Waals surface area contributed by atoms with Crippen molar-refractivity contribution in [3.05, 3.63) is 59.7 Å². The van der Waals surface area contributed by atoms with Crippen molar-refractivity contribution in [2.24, 2.45) is 5.92 Å². The van der Waals surface area contributed by atoms with Crippen LogP contribution in [0.3, 0.4) is 0 Å². The van der Waals surface area contributed by atoms with E-state index in [1.54, 1.807) is 14.2 Å². The van der Waals surface area contributed by atoms with Gasteiger partial charge in [-0.2, -0.15) is 8.42 Å². The van der Waals surface area contributed by atoms with E-state index in [1.807, 2.05) is 48.5 Å². The summed E-state index contributed by atoms with van der Waals surface area (Å²) in [6.45, 7) is -0.381. The van der Waals surface area contributed by atoms with Crippen LogP contribution in [0.1, 0.15) is 17.5 Å². The maximum Gasteiger partial charge on any atom is 0.264 e. The Balaban J connectivity index is 1.50. The van der Waals surface area contributed by atoms with E-state index in [4.69, 9.17) is 27.9 Å². The minimum absolute atomic E-state index is 0.172. The van der Waals surface area contributed by atoms with Gasteiger partial charge in [0.2, 0.25) is 0 Å². The number of hydrogen-bond acceptors (Lipinski definition) is 10. The van der Waals surface area contributed by atoms with Crippen molar-refractivity contribution in [3.8, 4) is 11.5 Å². The van der Waals surface area contributed by atoms with Crippen LogP contribution in [-0.2, 0) is 41.7 Å². The maximum absolute atomic E-state index is 11.7. The van der Waals surface area contributed by atoms with Gasteiger partial charge in [0.1, 0.15) is 23.2 Å². The van der Waals surface area contributed by atoms with Gasteiger partial charge in [-0.15, -0.1) is 0 Å². The molecule has 1 saturated carbocycles. The fourth-order valence-corrected chi connectivity index (χ4v) is 5.14. The van der Waals surface area contributed by atoms with Crippen LogP contribution < -0.4 is 9.47 Å². The number of benzene rings is 2. The Morgan fingerprint density at radius 3 is 2.43 bits per heavy atom. The normalized spacial score (nSPS) is 27.8. The van der Waals surface area contributed by atoms with Gasteiger partial charge in [-0.25, -0.2) is 0 Å². The van der Waals surface area contributed by atoms with E-state index >= 15 is 0 Å². The topological polar surface area (TPSA) is 133 Å². The monoisotopic (exact) mass is 538 g/mol. The molecule has 2 aromatic carbocycles. The van der Waals surface area contributed by atoms with Crippen LogP contribution in [0, 0.1) is 5.92 Å². The number of hydrogen-bond donors (Lipinski definition) is 2. The Kier molecular flexibility index (Phi) is 8.74. The summed E-state index contributed by atoms with van der Waals surface area (Å²) in [6, 6.07) is 14.7. The largest absolute Gasteiger partial charge is 0.497 e. The lowest BCUT2D eigenvalue weighted by atomic mass is 9.75. The molecule has 0 radical (unpaired) electrons. The average Bonchev–Trinajstić information content (AvgIpc) is 3.71. The molecule has 0 aromatic heterocycles. The maximum atomic E-state index is 11.7. The van der Waals surface area contributed by atoms with Gasteiger partial charge in [-0.1, -0.05) is 24.3 Å². The lowest BCUT2D eigenvalue weighted by Crippen LogP contribution is -2.58. The average molecular weight is 539 g/mol. The Labute approximate surface area is 217 Å². The second-order valence-corrected chi connectivity index (χ2v) is 11.1. The van der Waals surface area contributed by atoms with E-state index in [9.17, 15) is 18.6 Å². The van der Waals surface area contributed by atoms with Crippen LogP contribution in [-0.4, -0.2) is 82.3 Å². The first-order valence-electron chi connectivity index (χ1n) is 12.0. The smallest absolute Gasteiger partial charge is 0.264 e. The number of aliphatic hydroxyl groups excluding tert-OH is 1. The predicted molar refractivity (Wildman–Crippen MR) is 133 cm³/mol. The van der Waals surface area contributed by atoms with Gasteiger partial charge in [0.25, 0.3) is 10.1 Å². The molecule has 4 rings (SSSR count). The zero-order chi connectivity index (χ0) is 26.6. The summed E-state index contributed by atoms with van der Waals surface area (Å²) in [5.74, 6) is 1.05. The SMILES string of the molecule is COc1ccc(CO[C@@H](COS(C)(=O)=O)[C@H]2C[C@H](OCc3cccc(OC)c3)[C@](O)(CO)[C@@H]3O[C@H]23)cc1. The van der Waals surface area contributed by atoms with Crippen LogP contribution in [0.15, 0.2) is 48.5 Å². The highest BCUT2D eigenvalue weighted by atomic mass is 32.2. The molecule has 37 heavy (non-hydrogen) atoms. The molecule has 0 amide bonds. The molecular weight excluding hydrogens is 504 g/mol. The zero-order valence-electron chi connectivity index (χ0n) is 21.1. The predicted octanol–water partition coefficient (Wildman–Crippen LogP) is 1.66. The quantitative estimate of drug-likeness (QED) is 0.287. The molecule has 1 aliphatic heterocycles. The third-order valence-corrected chi connectivity index (χ3v) is 7.43. The van der Waals surface area contributed by atoms with E-state index in [0.717, 1.165) is 17.4 Å². The van der Waals surface area contributed by atoms with E-state index in [-0.39, 0.29) is 32.2 Å². The van der Waals surface area contributed by atoms with E-state index in [0.29, 0.717) is 11.5 Å². The Hall–Kier alpha value is -2.25. The molecular formula is C26H34O10S. The first-order valence-corrected chi connectivity index (χ1v) is 13.8. The highest BCUT2D eigenvalue weighted by Gasteiger charge is 2.66. The number of fused-ring (bicyclic) bond motifs is 1. The summed E-state index contributed by atoms with van der Waals surface area (Å²) < 4.78 is 57.1. The molecule has 11 heteroatoms. The van der Waals surface area contributed by atoms with Gasteiger partial charge >= 0.3 is 0 Å². The number of epoxide rings is 1. The Morgan fingerprint density at radius 1 is 1.05 bits per heavy atom. The van der Waals surface area contributed by atoms with Crippen LogP contribution >= 0.6 is 0 Å². The molecule has 0 spiro atoms. The van der Waals surface area contributed by atoms with Crippen molar-refractivity contribution >= 4 is 10.1 Å². The zero-order valence-corrected chi connectivity index (χ0v) is 21.9. The molecule has 0 unspecified atom stereocenters. The molecule has 2 fully saturated rings. The molecule has 1 saturated heterocycles. The minimum atomic E-state index is -3.72. The minimum Gasteiger partial charge on any atom is -0.497 e. The standard InChI is InChI=1S/C26H34O10S/c1-31-19-9-7-17(8-10-19)13-33-22(15-35-37(3,29)30)21-12-23(26(28,16-27)25-24(21)36-25)34-14-18-5-4-6-20(11-18)32-2/h4-11,21-25,27-28H,12-16H2,1-3H3/t21-,22+,23+,24-,25-,26-/m1/s1. The van der Waals surface area contributed by atoms with Crippen molar-refractivity contribution < 1.29 is 46.5 Å². The van der Waals surface area contributed by atoms with Gasteiger partial charge < -0.3 is 33.9 Å². The third kappa shape index (κ3) is 6.80. The fraction of sp³-hybridized carbons (Fsp3) is 0.538. The lowest BCUT2D eigenvalue weighted by Gasteiger charge is -2.40. The highest BCUT2D eigenvalue weighted by molar-refractivity contribution is 7.85. The molecule has 204 valence electrons. The van der Waals surface area contributed by atoms with Crippen molar-refractivity contribution in [2.45, 2.75) is 49.7 Å². The molecule has 2 aliphatic rings. The second-order valence-electron chi connectivity index (χ2n) is 9.41. The molecule has 2 N–H and O–H groups in total. The third-order valence-electron chi connectivity index (χ3n) is 6.87. The first-order chi connectivity index (χ1) is 17.7. The van der Waals surface area contributed by atoms with Crippen LogP contribution in [0.25, 0.3) is 0 Å². The van der Waals surface area contributed by atoms with Gasteiger partial charge in [0, 0.05) is 5.92 Å². The van der Waals surface area contributed by atoms with Crippen LogP contribution in [0.4, 0.5) is 0 Å². The van der Waals surface area contributed by atoms with Crippen molar-refractivity contribution in [1.29, 1.82) is 0 Å². The molecule has 2 aromatic rings. The fourth-order valence-electron chi connectivity index (χ4n) is 4.76. The summed E-state index contributed by atoms with van der Waals surface area (Å²) in [6.07, 6.45) is -1.31. The lowest BCUT2D eigenvalue weighted by molar-refractivity contribution is -0.168. The Morgan fingerprint density at radius 2 is 1.78 bits per heavy atom. The summed E-state index contributed by atoms with van der Waals surface area (Å²) >= 11 is 0. The second kappa shape index (κ2) is 11.6. The van der Waals surface area contributed by atoms with Gasteiger partial charge in [-0.05, 0) is 41.8 Å². The summed E-state index contributed by atoms with van der Waals surface area (Å²) in [5, 5.41) is 21.3. The van der Waals surface area contributed by atoms with Crippen LogP contribution in [0.2, 0.25) is 0 Å². The van der Waals surface area contributed by atoms with Gasteiger partial charge in [0.15, 0.2) is 0 Å². The first kappa shape index (κ1) is 27.8. The number of rotatable bonds is 13. The van der Waals surface area contributed by atoms with Crippen LogP contribution in [0.5, 0.6) is 11.5 Å². The van der Waals surface area contributed by atoms with Crippen molar-refractivity contribution in [1.82, 2.24) is 0 Å². The highest BCUT2D eigenvalue weighted by Crippen LogP contribution is 2.49. The molecule has 6 atom stereocenters. The van der Waals surface area contributed by atoms with Gasteiger partial charge in [0.05, 0.1) is 65.2 Å². The molecule has 10 nitrogen and oxygen atoms in total. The van der Waals surface area contributed by atoms with Gasteiger partial charge in [-0.3, -0.25) is 4.18 Å². The summed E-state index contributed by atoms with van der Waals surface area (Å²) in [4.78, 5) is 0. The summed E-state index contributed by atoms with van der Waals surface area (Å²) in [5.41, 5.74) is 0.104.